The first-order valence-electron chi connectivity index (χ1n) is 7.05. The van der Waals surface area contributed by atoms with Crippen LogP contribution in [-0.4, -0.2) is 16.7 Å². The van der Waals surface area contributed by atoms with Crippen molar-refractivity contribution < 1.29 is 4.79 Å². The van der Waals surface area contributed by atoms with Crippen molar-refractivity contribution in [3.05, 3.63) is 89.2 Å². The second kappa shape index (κ2) is 6.94. The molecule has 1 N–H and O–H groups in total. The van der Waals surface area contributed by atoms with Crippen LogP contribution in [0.4, 0.5) is 0 Å². The largest absolute Gasteiger partial charge is 0.323 e. The number of para-hydroxylation sites is 1. The summed E-state index contributed by atoms with van der Waals surface area (Å²) in [5.74, 6) is -0.300. The Labute approximate surface area is 139 Å². The number of carbonyl (C=O) groups is 1. The van der Waals surface area contributed by atoms with Crippen molar-refractivity contribution >= 4 is 23.7 Å². The van der Waals surface area contributed by atoms with Crippen LogP contribution < -0.4 is 5.43 Å². The number of rotatable bonds is 4. The first kappa shape index (κ1) is 15.1. The van der Waals surface area contributed by atoms with Crippen LogP contribution in [0.1, 0.15) is 15.9 Å². The van der Waals surface area contributed by atoms with Gasteiger partial charge in [-0.2, -0.15) is 5.10 Å². The molecule has 2 aromatic carbocycles. The molecule has 0 aliphatic rings. The van der Waals surface area contributed by atoms with Gasteiger partial charge in [-0.25, -0.2) is 5.43 Å². The molecule has 3 rings (SSSR count). The molecule has 1 aromatic heterocycles. The van der Waals surface area contributed by atoms with E-state index < -0.39 is 0 Å². The average molecular weight is 324 g/mol. The Kier molecular flexibility index (Phi) is 4.54. The Morgan fingerprint density at radius 3 is 2.70 bits per heavy atom. The van der Waals surface area contributed by atoms with Crippen molar-refractivity contribution in [3.8, 4) is 5.69 Å². The van der Waals surface area contributed by atoms with Gasteiger partial charge in [0.1, 0.15) is 0 Å². The van der Waals surface area contributed by atoms with Crippen LogP contribution in [-0.2, 0) is 0 Å². The van der Waals surface area contributed by atoms with E-state index in [1.807, 2.05) is 53.4 Å². The summed E-state index contributed by atoms with van der Waals surface area (Å²) in [5.41, 5.74) is 4.91. The monoisotopic (exact) mass is 323 g/mol. The highest BCUT2D eigenvalue weighted by Crippen LogP contribution is 2.11. The summed E-state index contributed by atoms with van der Waals surface area (Å²) in [5, 5.41) is 4.49. The number of hydrogen-bond acceptors (Lipinski definition) is 2. The van der Waals surface area contributed by atoms with Gasteiger partial charge >= 0.3 is 0 Å². The van der Waals surface area contributed by atoms with Gasteiger partial charge in [0.15, 0.2) is 0 Å². The van der Waals surface area contributed by atoms with E-state index in [1.165, 1.54) is 0 Å². The zero-order valence-electron chi connectivity index (χ0n) is 12.2. The molecule has 5 heteroatoms. The van der Waals surface area contributed by atoms with Crippen molar-refractivity contribution in [1.82, 2.24) is 9.99 Å². The minimum atomic E-state index is -0.300. The number of benzene rings is 2. The lowest BCUT2D eigenvalue weighted by molar-refractivity contribution is 0.0955. The summed E-state index contributed by atoms with van der Waals surface area (Å²) in [6.45, 7) is 0. The van der Waals surface area contributed by atoms with Gasteiger partial charge in [-0.05, 0) is 36.4 Å². The summed E-state index contributed by atoms with van der Waals surface area (Å²) in [4.78, 5) is 11.9. The molecule has 1 heterocycles. The highest BCUT2D eigenvalue weighted by atomic mass is 35.5. The van der Waals surface area contributed by atoms with Crippen molar-refractivity contribution in [2.24, 2.45) is 5.10 Å². The topological polar surface area (TPSA) is 46.4 Å². The van der Waals surface area contributed by atoms with Gasteiger partial charge in [0, 0.05) is 34.2 Å². The molecule has 0 spiro atoms. The third-order valence-electron chi connectivity index (χ3n) is 3.24. The van der Waals surface area contributed by atoms with Gasteiger partial charge in [-0.3, -0.25) is 4.79 Å². The minimum Gasteiger partial charge on any atom is -0.323 e. The van der Waals surface area contributed by atoms with Crippen molar-refractivity contribution in [2.75, 3.05) is 0 Å². The molecule has 0 aliphatic heterocycles. The maximum absolute atomic E-state index is 11.9. The number of hydrogen-bond donors (Lipinski definition) is 1. The van der Waals surface area contributed by atoms with E-state index >= 15 is 0 Å². The minimum absolute atomic E-state index is 0.300. The molecule has 0 unspecified atom stereocenters. The SMILES string of the molecule is O=C(N/N=C\c1ccn(-c2ccccc2)c1)c1cccc(Cl)c1. The maximum Gasteiger partial charge on any atom is 0.271 e. The zero-order chi connectivity index (χ0) is 16.1. The summed E-state index contributed by atoms with van der Waals surface area (Å²) in [6.07, 6.45) is 5.47. The van der Waals surface area contributed by atoms with Crippen LogP contribution in [0.25, 0.3) is 5.69 Å². The lowest BCUT2D eigenvalue weighted by Crippen LogP contribution is -2.17. The van der Waals surface area contributed by atoms with Crippen LogP contribution in [0.3, 0.4) is 0 Å². The molecule has 0 saturated carbocycles. The third kappa shape index (κ3) is 3.87. The fourth-order valence-corrected chi connectivity index (χ4v) is 2.30. The molecular weight excluding hydrogens is 310 g/mol. The van der Waals surface area contributed by atoms with E-state index in [4.69, 9.17) is 11.6 Å². The van der Waals surface area contributed by atoms with Crippen LogP contribution in [0.15, 0.2) is 78.2 Å². The number of nitrogens with zero attached hydrogens (tertiary/aromatic N) is 2. The van der Waals surface area contributed by atoms with Crippen LogP contribution in [0.2, 0.25) is 5.02 Å². The van der Waals surface area contributed by atoms with Gasteiger partial charge in [-0.1, -0.05) is 35.9 Å². The number of halogens is 1. The van der Waals surface area contributed by atoms with Gasteiger partial charge in [0.25, 0.3) is 5.91 Å². The normalized spacial score (nSPS) is 10.8. The number of aromatic nitrogens is 1. The predicted octanol–water partition coefficient (Wildman–Crippen LogP) is 3.89. The maximum atomic E-state index is 11.9. The molecule has 114 valence electrons. The number of hydrazone groups is 1. The summed E-state index contributed by atoms with van der Waals surface area (Å²) >= 11 is 5.86. The first-order valence-corrected chi connectivity index (χ1v) is 7.42. The van der Waals surface area contributed by atoms with E-state index in [-0.39, 0.29) is 5.91 Å². The van der Waals surface area contributed by atoms with E-state index in [0.717, 1.165) is 11.3 Å². The van der Waals surface area contributed by atoms with Crippen molar-refractivity contribution in [2.45, 2.75) is 0 Å². The second-order valence-electron chi connectivity index (χ2n) is 4.90. The van der Waals surface area contributed by atoms with E-state index in [1.54, 1.807) is 30.5 Å². The summed E-state index contributed by atoms with van der Waals surface area (Å²) in [6, 6.07) is 18.6. The summed E-state index contributed by atoms with van der Waals surface area (Å²) in [7, 11) is 0. The van der Waals surface area contributed by atoms with E-state index in [0.29, 0.717) is 10.6 Å². The molecule has 0 aliphatic carbocycles. The fraction of sp³-hybridized carbons (Fsp3) is 0. The number of carbonyl (C=O) groups excluding carboxylic acids is 1. The molecule has 23 heavy (non-hydrogen) atoms. The van der Waals surface area contributed by atoms with Crippen molar-refractivity contribution in [3.63, 3.8) is 0 Å². The molecule has 3 aromatic rings. The quantitative estimate of drug-likeness (QED) is 0.574. The molecule has 4 nitrogen and oxygen atoms in total. The molecule has 0 saturated heterocycles. The van der Waals surface area contributed by atoms with E-state index in [9.17, 15) is 4.79 Å². The zero-order valence-corrected chi connectivity index (χ0v) is 12.9. The van der Waals surface area contributed by atoms with E-state index in [2.05, 4.69) is 10.5 Å². The van der Waals surface area contributed by atoms with Crippen LogP contribution >= 0.6 is 11.6 Å². The first-order chi connectivity index (χ1) is 11.2. The van der Waals surface area contributed by atoms with Crippen LogP contribution in [0, 0.1) is 0 Å². The van der Waals surface area contributed by atoms with Gasteiger partial charge < -0.3 is 4.57 Å². The Balaban J connectivity index is 1.65. The lowest BCUT2D eigenvalue weighted by Gasteiger charge is -2.00. The van der Waals surface area contributed by atoms with Gasteiger partial charge in [-0.15, -0.1) is 0 Å². The lowest BCUT2D eigenvalue weighted by atomic mass is 10.2. The molecule has 0 atom stereocenters. The fourth-order valence-electron chi connectivity index (χ4n) is 2.11. The number of nitrogens with one attached hydrogen (secondary N) is 1. The van der Waals surface area contributed by atoms with Gasteiger partial charge in [0.05, 0.1) is 6.21 Å². The molecule has 0 radical (unpaired) electrons. The molecule has 1 amide bonds. The highest BCUT2D eigenvalue weighted by molar-refractivity contribution is 6.30. The molecule has 0 fully saturated rings. The Morgan fingerprint density at radius 1 is 1.09 bits per heavy atom. The van der Waals surface area contributed by atoms with Crippen LogP contribution in [0.5, 0.6) is 0 Å². The molecule has 0 bridgehead atoms. The predicted molar refractivity (Wildman–Crippen MR) is 92.3 cm³/mol. The van der Waals surface area contributed by atoms with Gasteiger partial charge in [0.2, 0.25) is 0 Å². The van der Waals surface area contributed by atoms with Crippen molar-refractivity contribution in [1.29, 1.82) is 0 Å². The second-order valence-corrected chi connectivity index (χ2v) is 5.33. The Bertz CT molecular complexity index is 840. The average Bonchev–Trinajstić information content (AvgIpc) is 3.04. The smallest absolute Gasteiger partial charge is 0.271 e. The highest BCUT2D eigenvalue weighted by Gasteiger charge is 2.04. The standard InChI is InChI=1S/C18H14ClN3O/c19-16-6-4-5-15(11-16)18(23)21-20-12-14-9-10-22(13-14)17-7-2-1-3-8-17/h1-13H,(H,21,23)/b20-12-. The molecular formula is C18H14ClN3O. The Morgan fingerprint density at radius 2 is 1.91 bits per heavy atom. The Hall–Kier alpha value is -2.85. The third-order valence-corrected chi connectivity index (χ3v) is 3.47. The summed E-state index contributed by atoms with van der Waals surface area (Å²) < 4.78 is 1.99. The number of amides is 1.